The molecule has 3 aromatic rings. The number of hydrogen-bond acceptors (Lipinski definition) is 6. The third-order valence-electron chi connectivity index (χ3n) is 5.31. The van der Waals surface area contributed by atoms with Gasteiger partial charge in [0.15, 0.2) is 0 Å². The van der Waals surface area contributed by atoms with Crippen LogP contribution in [-0.4, -0.2) is 32.1 Å². The molecule has 0 atom stereocenters. The maximum atomic E-state index is 13.2. The number of imide groups is 2. The Bertz CT molecular complexity index is 1360. The Kier molecular flexibility index (Phi) is 7.21. The van der Waals surface area contributed by atoms with E-state index in [0.717, 1.165) is 10.5 Å². The first-order valence-corrected chi connectivity index (χ1v) is 11.0. The summed E-state index contributed by atoms with van der Waals surface area (Å²) in [7, 11) is 2.74. The van der Waals surface area contributed by atoms with Gasteiger partial charge in [0.05, 0.1) is 24.9 Å². The normalized spacial score (nSPS) is 14.6. The smallest absolute Gasteiger partial charge is 0.336 e. The van der Waals surface area contributed by atoms with E-state index in [1.807, 2.05) is 0 Å². The quantitative estimate of drug-likeness (QED) is 0.364. The van der Waals surface area contributed by atoms with E-state index in [4.69, 9.17) is 25.8 Å². The van der Waals surface area contributed by atoms with E-state index < -0.39 is 17.8 Å². The van der Waals surface area contributed by atoms with Crippen LogP contribution in [0.2, 0.25) is 5.02 Å². The molecular weight excluding hydrogens is 491 g/mol. The van der Waals surface area contributed by atoms with Gasteiger partial charge in [-0.1, -0.05) is 35.9 Å². The van der Waals surface area contributed by atoms with E-state index in [-0.39, 0.29) is 40.2 Å². The van der Waals surface area contributed by atoms with Crippen LogP contribution in [0.15, 0.2) is 66.2 Å². The fourth-order valence-corrected chi connectivity index (χ4v) is 3.70. The summed E-state index contributed by atoms with van der Waals surface area (Å²) in [5.74, 6) is -1.12. The number of halogens is 2. The fourth-order valence-electron chi connectivity index (χ4n) is 3.47. The number of barbiturate groups is 1. The van der Waals surface area contributed by atoms with Gasteiger partial charge in [0.25, 0.3) is 11.8 Å². The number of carbonyl (C=O) groups is 3. The van der Waals surface area contributed by atoms with Crippen molar-refractivity contribution in [1.29, 1.82) is 0 Å². The van der Waals surface area contributed by atoms with Crippen molar-refractivity contribution in [3.8, 4) is 17.2 Å². The summed E-state index contributed by atoms with van der Waals surface area (Å²) >= 11 is 6.13. The lowest BCUT2D eigenvalue weighted by molar-refractivity contribution is -0.122. The highest BCUT2D eigenvalue weighted by atomic mass is 35.5. The molecule has 0 spiro atoms. The lowest BCUT2D eigenvalue weighted by atomic mass is 10.1. The molecule has 4 rings (SSSR count). The first kappa shape index (κ1) is 24.7. The number of urea groups is 1. The number of nitrogens with one attached hydrogen (secondary N) is 1. The Labute approximate surface area is 210 Å². The predicted molar refractivity (Wildman–Crippen MR) is 131 cm³/mol. The number of nitrogens with zero attached hydrogens (tertiary/aromatic N) is 1. The number of benzene rings is 3. The minimum Gasteiger partial charge on any atom is -0.495 e. The van der Waals surface area contributed by atoms with Crippen LogP contribution in [0, 0.1) is 5.82 Å². The molecule has 1 fully saturated rings. The van der Waals surface area contributed by atoms with Crippen LogP contribution in [0.3, 0.4) is 0 Å². The van der Waals surface area contributed by atoms with Gasteiger partial charge in [0.2, 0.25) is 0 Å². The van der Waals surface area contributed by atoms with Crippen LogP contribution in [0.5, 0.6) is 17.2 Å². The highest BCUT2D eigenvalue weighted by molar-refractivity contribution is 6.39. The molecule has 0 unspecified atom stereocenters. The Hall–Kier alpha value is -4.37. The van der Waals surface area contributed by atoms with Crippen LogP contribution >= 0.6 is 11.6 Å². The molecule has 184 valence electrons. The van der Waals surface area contributed by atoms with Crippen LogP contribution in [0.25, 0.3) is 6.08 Å². The van der Waals surface area contributed by atoms with Gasteiger partial charge in [-0.05, 0) is 41.5 Å². The molecule has 4 amide bonds. The molecule has 10 heteroatoms. The van der Waals surface area contributed by atoms with E-state index in [1.165, 1.54) is 44.6 Å². The van der Waals surface area contributed by atoms with Gasteiger partial charge in [-0.15, -0.1) is 0 Å². The van der Waals surface area contributed by atoms with E-state index in [0.29, 0.717) is 11.3 Å². The summed E-state index contributed by atoms with van der Waals surface area (Å²) in [6.45, 7) is 0.241. The van der Waals surface area contributed by atoms with Crippen molar-refractivity contribution in [2.45, 2.75) is 6.61 Å². The lowest BCUT2D eigenvalue weighted by Gasteiger charge is -2.28. The monoisotopic (exact) mass is 510 g/mol. The summed E-state index contributed by atoms with van der Waals surface area (Å²) in [5, 5.41) is 2.38. The molecule has 0 saturated carbocycles. The van der Waals surface area contributed by atoms with Gasteiger partial charge in [-0.3, -0.25) is 14.9 Å². The maximum Gasteiger partial charge on any atom is 0.336 e. The first-order chi connectivity index (χ1) is 17.3. The van der Waals surface area contributed by atoms with Crippen molar-refractivity contribution in [2.24, 2.45) is 0 Å². The van der Waals surface area contributed by atoms with Crippen LogP contribution < -0.4 is 24.4 Å². The van der Waals surface area contributed by atoms with Crippen molar-refractivity contribution in [3.05, 3.63) is 88.2 Å². The Morgan fingerprint density at radius 2 is 1.61 bits per heavy atom. The molecule has 0 bridgehead atoms. The summed E-state index contributed by atoms with van der Waals surface area (Å²) in [6.07, 6.45) is 1.36. The van der Waals surface area contributed by atoms with Gasteiger partial charge in [0, 0.05) is 12.1 Å². The molecule has 36 heavy (non-hydrogen) atoms. The maximum absolute atomic E-state index is 13.2. The number of methoxy groups -OCH3 is 2. The molecule has 8 nitrogen and oxygen atoms in total. The van der Waals surface area contributed by atoms with Crippen LogP contribution in [0.1, 0.15) is 11.1 Å². The standard InChI is InChI=1S/C26H20ClFN2O6/c1-34-22-13-21(23(35-2)12-20(22)27)30-25(32)19(24(31)29-26(30)33)11-15-5-9-18(10-6-15)36-14-16-3-7-17(28)8-4-16/h3-13H,14H2,1-2H3,(H,29,31,33)/b19-11+. The Balaban J connectivity index is 1.57. The molecule has 0 aliphatic carbocycles. The van der Waals surface area contributed by atoms with Crippen molar-refractivity contribution in [1.82, 2.24) is 5.32 Å². The van der Waals surface area contributed by atoms with Gasteiger partial charge in [-0.25, -0.2) is 14.1 Å². The van der Waals surface area contributed by atoms with E-state index in [9.17, 15) is 18.8 Å². The fraction of sp³-hybridized carbons (Fsp3) is 0.115. The highest BCUT2D eigenvalue weighted by Gasteiger charge is 2.38. The molecule has 1 aliphatic rings. The van der Waals surface area contributed by atoms with Crippen molar-refractivity contribution < 1.29 is 33.0 Å². The van der Waals surface area contributed by atoms with E-state index in [1.54, 1.807) is 36.4 Å². The number of anilines is 1. The van der Waals surface area contributed by atoms with Gasteiger partial charge < -0.3 is 14.2 Å². The van der Waals surface area contributed by atoms with Gasteiger partial charge in [0.1, 0.15) is 35.2 Å². The molecule has 0 aromatic heterocycles. The van der Waals surface area contributed by atoms with Crippen molar-refractivity contribution >= 4 is 41.2 Å². The molecule has 1 heterocycles. The van der Waals surface area contributed by atoms with Crippen LogP contribution in [0.4, 0.5) is 14.9 Å². The summed E-state index contributed by atoms with van der Waals surface area (Å²) in [5.41, 5.74) is 1.12. The largest absolute Gasteiger partial charge is 0.495 e. The van der Waals surface area contributed by atoms with Crippen molar-refractivity contribution in [3.63, 3.8) is 0 Å². The van der Waals surface area contributed by atoms with E-state index >= 15 is 0 Å². The molecular formula is C26H20ClFN2O6. The minimum atomic E-state index is -0.936. The second-order valence-electron chi connectivity index (χ2n) is 7.60. The number of hydrogen-bond donors (Lipinski definition) is 1. The topological polar surface area (TPSA) is 94.2 Å². The Morgan fingerprint density at radius 1 is 0.944 bits per heavy atom. The minimum absolute atomic E-state index is 0.0594. The number of rotatable bonds is 7. The number of ether oxygens (including phenoxy) is 3. The van der Waals surface area contributed by atoms with Gasteiger partial charge >= 0.3 is 6.03 Å². The molecule has 1 saturated heterocycles. The zero-order valence-electron chi connectivity index (χ0n) is 19.2. The number of carbonyl (C=O) groups excluding carboxylic acids is 3. The van der Waals surface area contributed by atoms with E-state index in [2.05, 4.69) is 5.32 Å². The number of amides is 4. The molecule has 1 N–H and O–H groups in total. The van der Waals surface area contributed by atoms with Crippen LogP contribution in [-0.2, 0) is 16.2 Å². The predicted octanol–water partition coefficient (Wildman–Crippen LogP) is 4.74. The first-order valence-electron chi connectivity index (χ1n) is 10.6. The Morgan fingerprint density at radius 3 is 2.25 bits per heavy atom. The zero-order valence-corrected chi connectivity index (χ0v) is 20.0. The summed E-state index contributed by atoms with van der Waals surface area (Å²) in [6, 6.07) is 14.4. The highest BCUT2D eigenvalue weighted by Crippen LogP contribution is 2.39. The third kappa shape index (κ3) is 5.16. The SMILES string of the molecule is COc1cc(N2C(=O)NC(=O)/C(=C\c3ccc(OCc4ccc(F)cc4)cc3)C2=O)c(OC)cc1Cl. The average molecular weight is 511 g/mol. The summed E-state index contributed by atoms with van der Waals surface area (Å²) < 4.78 is 29.2. The van der Waals surface area contributed by atoms with Crippen molar-refractivity contribution in [2.75, 3.05) is 19.1 Å². The zero-order chi connectivity index (χ0) is 25.8. The second-order valence-corrected chi connectivity index (χ2v) is 8.01. The summed E-state index contributed by atoms with van der Waals surface area (Å²) in [4.78, 5) is 39.1. The molecule has 0 radical (unpaired) electrons. The van der Waals surface area contributed by atoms with Gasteiger partial charge in [-0.2, -0.15) is 0 Å². The lowest BCUT2D eigenvalue weighted by Crippen LogP contribution is -2.54. The third-order valence-corrected chi connectivity index (χ3v) is 5.60. The second kappa shape index (κ2) is 10.5. The average Bonchev–Trinajstić information content (AvgIpc) is 2.87. The molecule has 1 aliphatic heterocycles. The molecule has 3 aromatic carbocycles.